The van der Waals surface area contributed by atoms with E-state index in [0.717, 1.165) is 18.3 Å². The van der Waals surface area contributed by atoms with Crippen molar-refractivity contribution in [3.8, 4) is 0 Å². The molecule has 1 atom stereocenters. The zero-order chi connectivity index (χ0) is 15.5. The summed E-state index contributed by atoms with van der Waals surface area (Å²) in [6.07, 6.45) is 6.66. The van der Waals surface area contributed by atoms with Gasteiger partial charge in [-0.05, 0) is 68.0 Å². The molecule has 0 amide bonds. The average molecular weight is 352 g/mol. The van der Waals surface area contributed by atoms with Gasteiger partial charge in [0.05, 0.1) is 0 Å². The normalized spacial score (nSPS) is 24.8. The lowest BCUT2D eigenvalue weighted by Crippen LogP contribution is -2.39. The van der Waals surface area contributed by atoms with Crippen LogP contribution in [0, 0.1) is 17.3 Å². The van der Waals surface area contributed by atoms with Crippen molar-refractivity contribution in [1.29, 1.82) is 0 Å². The highest BCUT2D eigenvalue weighted by atomic mass is 79.9. The first-order valence-corrected chi connectivity index (χ1v) is 9.11. The molecule has 1 unspecified atom stereocenters. The van der Waals surface area contributed by atoms with Crippen molar-refractivity contribution in [3.63, 3.8) is 0 Å². The van der Waals surface area contributed by atoms with Crippen molar-refractivity contribution in [2.45, 2.75) is 58.9 Å². The molecular weight excluding hydrogens is 322 g/mol. The maximum absolute atomic E-state index is 3.69. The summed E-state index contributed by atoms with van der Waals surface area (Å²) in [5.41, 5.74) is 1.90. The van der Waals surface area contributed by atoms with E-state index in [1.165, 1.54) is 35.7 Å². The number of benzene rings is 1. The minimum atomic E-state index is 0.475. The molecule has 0 bridgehead atoms. The number of halogens is 1. The number of rotatable bonds is 4. The van der Waals surface area contributed by atoms with E-state index in [1.807, 2.05) is 0 Å². The van der Waals surface area contributed by atoms with Gasteiger partial charge in [0.25, 0.3) is 0 Å². The van der Waals surface area contributed by atoms with E-state index in [4.69, 9.17) is 0 Å². The van der Waals surface area contributed by atoms with E-state index in [2.05, 4.69) is 73.3 Å². The molecule has 21 heavy (non-hydrogen) atoms. The molecule has 2 heteroatoms. The monoisotopic (exact) mass is 351 g/mol. The maximum Gasteiger partial charge on any atom is 0.0207 e. The number of hydrogen-bond donors (Lipinski definition) is 1. The molecule has 118 valence electrons. The summed E-state index contributed by atoms with van der Waals surface area (Å²) in [5.74, 6) is 1.72. The first-order chi connectivity index (χ1) is 9.91. The minimum absolute atomic E-state index is 0.475. The third-order valence-corrected chi connectivity index (χ3v) is 6.11. The Morgan fingerprint density at radius 3 is 2.29 bits per heavy atom. The largest absolute Gasteiger partial charge is 0.316 e. The quantitative estimate of drug-likeness (QED) is 0.762. The van der Waals surface area contributed by atoms with Gasteiger partial charge in [0.15, 0.2) is 0 Å². The molecule has 1 fully saturated rings. The van der Waals surface area contributed by atoms with Crippen molar-refractivity contribution >= 4 is 15.9 Å². The zero-order valence-electron chi connectivity index (χ0n) is 14.0. The van der Waals surface area contributed by atoms with Gasteiger partial charge in [-0.25, -0.2) is 0 Å². The highest BCUT2D eigenvalue weighted by Gasteiger charge is 2.32. The van der Waals surface area contributed by atoms with Gasteiger partial charge in [-0.3, -0.25) is 0 Å². The van der Waals surface area contributed by atoms with Gasteiger partial charge in [0.1, 0.15) is 0 Å². The summed E-state index contributed by atoms with van der Waals surface area (Å²) in [6.45, 7) is 7.19. The van der Waals surface area contributed by atoms with E-state index in [9.17, 15) is 0 Å². The molecule has 2 rings (SSSR count). The molecule has 1 nitrogen and oxygen atoms in total. The molecule has 1 aromatic rings. The molecule has 1 aliphatic rings. The van der Waals surface area contributed by atoms with Gasteiger partial charge in [-0.2, -0.15) is 0 Å². The Labute approximate surface area is 139 Å². The summed E-state index contributed by atoms with van der Waals surface area (Å²) in [7, 11) is 2.12. The molecule has 0 aromatic heterocycles. The lowest BCUT2D eigenvalue weighted by molar-refractivity contribution is 0.134. The minimum Gasteiger partial charge on any atom is -0.316 e. The molecule has 1 aromatic carbocycles. The number of nitrogens with one attached hydrogen (secondary N) is 1. The van der Waals surface area contributed by atoms with Gasteiger partial charge < -0.3 is 5.32 Å². The van der Waals surface area contributed by atoms with E-state index in [0.29, 0.717) is 11.5 Å². The molecule has 1 saturated carbocycles. The summed E-state index contributed by atoms with van der Waals surface area (Å²) in [5, 5.41) is 3.58. The third kappa shape index (κ3) is 4.56. The second-order valence-electron chi connectivity index (χ2n) is 7.67. The first kappa shape index (κ1) is 17.0. The fraction of sp³-hybridized carbons (Fsp3) is 0.684. The maximum atomic E-state index is 3.69. The van der Waals surface area contributed by atoms with Crippen molar-refractivity contribution in [2.75, 3.05) is 7.05 Å². The van der Waals surface area contributed by atoms with E-state index in [-0.39, 0.29) is 0 Å². The van der Waals surface area contributed by atoms with Crippen molar-refractivity contribution in [1.82, 2.24) is 5.32 Å². The lowest BCUT2D eigenvalue weighted by atomic mass is 9.68. The Hall–Kier alpha value is -0.340. The van der Waals surface area contributed by atoms with E-state index in [1.54, 1.807) is 0 Å². The highest BCUT2D eigenvalue weighted by molar-refractivity contribution is 9.10. The fourth-order valence-electron chi connectivity index (χ4n) is 3.79. The molecule has 0 radical (unpaired) electrons. The Morgan fingerprint density at radius 2 is 1.76 bits per heavy atom. The predicted octanol–water partition coefficient (Wildman–Crippen LogP) is 5.43. The van der Waals surface area contributed by atoms with E-state index < -0.39 is 0 Å². The SMILES string of the molecule is CNC(Cc1ccccc1Br)C1CCC(C(C)(C)C)CC1. The second kappa shape index (κ2) is 7.28. The van der Waals surface area contributed by atoms with Crippen LogP contribution in [-0.4, -0.2) is 13.1 Å². The molecule has 0 saturated heterocycles. The zero-order valence-corrected chi connectivity index (χ0v) is 15.5. The standard InChI is InChI=1S/C19H30BrN/c1-19(2,3)16-11-9-14(10-12-16)18(21-4)13-15-7-5-6-8-17(15)20/h5-8,14,16,18,21H,9-13H2,1-4H3. The van der Waals surface area contributed by atoms with Crippen LogP contribution in [0.2, 0.25) is 0 Å². The van der Waals surface area contributed by atoms with Crippen molar-refractivity contribution in [3.05, 3.63) is 34.3 Å². The summed E-state index contributed by atoms with van der Waals surface area (Å²) >= 11 is 3.69. The van der Waals surface area contributed by atoms with Crippen LogP contribution < -0.4 is 5.32 Å². The molecule has 0 aliphatic heterocycles. The Bertz CT molecular complexity index is 441. The fourth-order valence-corrected chi connectivity index (χ4v) is 4.24. The lowest BCUT2D eigenvalue weighted by Gasteiger charge is -2.39. The van der Waals surface area contributed by atoms with Gasteiger partial charge in [0.2, 0.25) is 0 Å². The van der Waals surface area contributed by atoms with Crippen LogP contribution in [0.25, 0.3) is 0 Å². The van der Waals surface area contributed by atoms with Gasteiger partial charge in [-0.1, -0.05) is 54.9 Å². The van der Waals surface area contributed by atoms with Gasteiger partial charge >= 0.3 is 0 Å². The summed E-state index contributed by atoms with van der Waals surface area (Å²) < 4.78 is 1.24. The number of likely N-dealkylation sites (N-methyl/N-ethyl adjacent to an activating group) is 1. The van der Waals surface area contributed by atoms with Gasteiger partial charge in [0, 0.05) is 10.5 Å². The van der Waals surface area contributed by atoms with Crippen LogP contribution in [0.4, 0.5) is 0 Å². The Morgan fingerprint density at radius 1 is 1.14 bits per heavy atom. The second-order valence-corrected chi connectivity index (χ2v) is 8.52. The van der Waals surface area contributed by atoms with E-state index >= 15 is 0 Å². The summed E-state index contributed by atoms with van der Waals surface area (Å²) in [6, 6.07) is 9.23. The molecular formula is C19H30BrN. The topological polar surface area (TPSA) is 12.0 Å². The average Bonchev–Trinajstić information content (AvgIpc) is 2.46. The smallest absolute Gasteiger partial charge is 0.0207 e. The number of hydrogen-bond acceptors (Lipinski definition) is 1. The van der Waals surface area contributed by atoms with Crippen LogP contribution in [0.15, 0.2) is 28.7 Å². The van der Waals surface area contributed by atoms with Crippen molar-refractivity contribution < 1.29 is 0 Å². The van der Waals surface area contributed by atoms with Crippen LogP contribution >= 0.6 is 15.9 Å². The molecule has 1 aliphatic carbocycles. The van der Waals surface area contributed by atoms with Crippen LogP contribution in [0.1, 0.15) is 52.0 Å². The molecule has 0 spiro atoms. The third-order valence-electron chi connectivity index (χ3n) is 5.33. The van der Waals surface area contributed by atoms with Gasteiger partial charge in [-0.15, -0.1) is 0 Å². The summed E-state index contributed by atoms with van der Waals surface area (Å²) in [4.78, 5) is 0. The van der Waals surface area contributed by atoms with Crippen LogP contribution in [-0.2, 0) is 6.42 Å². The Kier molecular flexibility index (Phi) is 5.90. The van der Waals surface area contributed by atoms with Crippen LogP contribution in [0.5, 0.6) is 0 Å². The molecule has 1 N–H and O–H groups in total. The van der Waals surface area contributed by atoms with Crippen molar-refractivity contribution in [2.24, 2.45) is 17.3 Å². The first-order valence-electron chi connectivity index (χ1n) is 8.32. The van der Waals surface area contributed by atoms with Crippen LogP contribution in [0.3, 0.4) is 0 Å². The highest BCUT2D eigenvalue weighted by Crippen LogP contribution is 2.41. The predicted molar refractivity (Wildman–Crippen MR) is 95.6 cm³/mol. The Balaban J connectivity index is 1.96. The molecule has 0 heterocycles.